The third-order valence-corrected chi connectivity index (χ3v) is 5.58. The monoisotopic (exact) mass is 466 g/mol. The summed E-state index contributed by atoms with van der Waals surface area (Å²) in [4.78, 5) is 6.23. The van der Waals surface area contributed by atoms with Gasteiger partial charge in [0.2, 0.25) is 0 Å². The lowest BCUT2D eigenvalue weighted by molar-refractivity contribution is 0.179. The van der Waals surface area contributed by atoms with Crippen LogP contribution in [0.4, 0.5) is 4.39 Å². The Bertz CT molecular complexity index is 1130. The summed E-state index contributed by atoms with van der Waals surface area (Å²) in [7, 11) is 3.27. The van der Waals surface area contributed by atoms with E-state index in [9.17, 15) is 9.60 Å². The quantitative estimate of drug-likeness (QED) is 0.146. The van der Waals surface area contributed by atoms with Crippen molar-refractivity contribution in [1.29, 1.82) is 0 Å². The number of benzene rings is 2. The number of rotatable bonds is 10. The van der Waals surface area contributed by atoms with Gasteiger partial charge in [0.05, 0.1) is 30.9 Å². The van der Waals surface area contributed by atoms with Gasteiger partial charge in [0.15, 0.2) is 5.84 Å². The summed E-state index contributed by atoms with van der Waals surface area (Å²) in [6, 6.07) is 12.0. The normalized spacial score (nSPS) is 12.8. The van der Waals surface area contributed by atoms with Crippen LogP contribution in [0.1, 0.15) is 36.2 Å². The highest BCUT2D eigenvalue weighted by Gasteiger charge is 2.19. The van der Waals surface area contributed by atoms with Crippen molar-refractivity contribution in [1.82, 2.24) is 14.5 Å². The highest BCUT2D eigenvalue weighted by Crippen LogP contribution is 2.26. The molecule has 0 saturated carbocycles. The fourth-order valence-electron chi connectivity index (χ4n) is 3.73. The largest absolute Gasteiger partial charge is 0.495 e. The minimum atomic E-state index is -0.291. The second-order valence-electron chi connectivity index (χ2n) is 7.91. The van der Waals surface area contributed by atoms with Crippen molar-refractivity contribution in [2.75, 3.05) is 27.4 Å². The van der Waals surface area contributed by atoms with Crippen LogP contribution in [0.15, 0.2) is 66.2 Å². The lowest BCUT2D eigenvalue weighted by Gasteiger charge is -2.30. The predicted molar refractivity (Wildman–Crippen MR) is 131 cm³/mol. The summed E-state index contributed by atoms with van der Waals surface area (Å²) in [5, 5.41) is 13.4. The highest BCUT2D eigenvalue weighted by atomic mass is 19.1. The molecule has 1 atom stereocenters. The molecular formula is C26H31FN4O3. The fraction of sp³-hybridized carbons (Fsp3) is 0.308. The second kappa shape index (κ2) is 12.0. The van der Waals surface area contributed by atoms with Crippen molar-refractivity contribution in [2.24, 2.45) is 5.16 Å². The average Bonchev–Trinajstić information content (AvgIpc) is 3.29. The molecule has 2 aromatic carbocycles. The number of halogens is 1. The van der Waals surface area contributed by atoms with Crippen LogP contribution in [-0.2, 0) is 4.74 Å². The topological polar surface area (TPSA) is 72.1 Å². The van der Waals surface area contributed by atoms with E-state index >= 15 is 0 Å². The number of nitrogens with zero attached hydrogens (tertiary/aromatic N) is 4. The number of oxime groups is 1. The Hall–Kier alpha value is -3.65. The summed E-state index contributed by atoms with van der Waals surface area (Å²) >= 11 is 0. The molecule has 3 rings (SSSR count). The van der Waals surface area contributed by atoms with E-state index in [0.717, 1.165) is 28.9 Å². The molecule has 7 nitrogen and oxygen atoms in total. The molecule has 3 aromatic rings. The zero-order chi connectivity index (χ0) is 24.5. The molecule has 0 fully saturated rings. The fourth-order valence-corrected chi connectivity index (χ4v) is 3.73. The number of aromatic nitrogens is 2. The second-order valence-corrected chi connectivity index (χ2v) is 7.91. The number of ether oxygens (including phenoxy) is 2. The van der Waals surface area contributed by atoms with Gasteiger partial charge in [0, 0.05) is 26.5 Å². The Kier molecular flexibility index (Phi) is 8.81. The van der Waals surface area contributed by atoms with Crippen molar-refractivity contribution in [3.8, 4) is 11.4 Å². The number of hydrogen-bond donors (Lipinski definition) is 1. The minimum absolute atomic E-state index is 0.144. The summed E-state index contributed by atoms with van der Waals surface area (Å²) in [5.74, 6) is 0.793. The molecular weight excluding hydrogens is 435 g/mol. The van der Waals surface area contributed by atoms with Gasteiger partial charge in [-0.3, -0.25) is 0 Å². The molecule has 0 aliphatic carbocycles. The van der Waals surface area contributed by atoms with Gasteiger partial charge in [-0.1, -0.05) is 29.4 Å². The molecule has 1 unspecified atom stereocenters. The van der Waals surface area contributed by atoms with E-state index in [2.05, 4.69) is 10.1 Å². The standard InChI is InChI=1S/C26H31FN4O3/c1-19-17-30(18-28-19)24-12-6-21(16-25(24)34-4)7-13-26(29-32)31(14-5-15-33-3)20(2)22-8-10-23(27)11-9-22/h6-13,16-18,20,32H,5,14-15H2,1-4H3. The van der Waals surface area contributed by atoms with E-state index in [1.165, 1.54) is 12.1 Å². The smallest absolute Gasteiger partial charge is 0.168 e. The van der Waals surface area contributed by atoms with E-state index in [1.54, 1.807) is 38.8 Å². The molecule has 0 aliphatic heterocycles. The maximum absolute atomic E-state index is 13.4. The predicted octanol–water partition coefficient (Wildman–Crippen LogP) is 5.23. The van der Waals surface area contributed by atoms with E-state index in [0.29, 0.717) is 24.7 Å². The Morgan fingerprint density at radius 1 is 1.24 bits per heavy atom. The third-order valence-electron chi connectivity index (χ3n) is 5.58. The van der Waals surface area contributed by atoms with Crippen LogP contribution < -0.4 is 4.74 Å². The van der Waals surface area contributed by atoms with Crippen LogP contribution in [0.5, 0.6) is 5.75 Å². The SMILES string of the molecule is COCCCN(C(C=Cc1ccc(-n2cnc(C)c2)c(OC)c1)=NO)C(C)c1ccc(F)cc1. The average molecular weight is 467 g/mol. The number of hydrogen-bond acceptors (Lipinski definition) is 5. The van der Waals surface area contributed by atoms with Crippen molar-refractivity contribution in [3.05, 3.63) is 83.7 Å². The summed E-state index contributed by atoms with van der Waals surface area (Å²) < 4.78 is 26.1. The van der Waals surface area contributed by atoms with Gasteiger partial charge in [0.25, 0.3) is 0 Å². The molecule has 1 aromatic heterocycles. The molecule has 0 amide bonds. The summed E-state index contributed by atoms with van der Waals surface area (Å²) in [6.07, 6.45) is 8.03. The van der Waals surface area contributed by atoms with Crippen LogP contribution in [0, 0.1) is 12.7 Å². The number of imidazole rings is 1. The molecule has 34 heavy (non-hydrogen) atoms. The van der Waals surface area contributed by atoms with Crippen LogP contribution >= 0.6 is 0 Å². The first-order valence-corrected chi connectivity index (χ1v) is 11.1. The van der Waals surface area contributed by atoms with Gasteiger partial charge in [-0.05, 0) is 61.7 Å². The maximum Gasteiger partial charge on any atom is 0.168 e. The van der Waals surface area contributed by atoms with Crippen molar-refractivity contribution >= 4 is 11.9 Å². The van der Waals surface area contributed by atoms with Crippen LogP contribution in [0.25, 0.3) is 11.8 Å². The zero-order valence-electron chi connectivity index (χ0n) is 20.0. The van der Waals surface area contributed by atoms with Gasteiger partial charge < -0.3 is 24.1 Å². The molecule has 0 saturated heterocycles. The van der Waals surface area contributed by atoms with Crippen LogP contribution in [0.2, 0.25) is 0 Å². The molecule has 0 radical (unpaired) electrons. The van der Waals surface area contributed by atoms with Gasteiger partial charge in [-0.15, -0.1) is 0 Å². The first-order valence-electron chi connectivity index (χ1n) is 11.1. The van der Waals surface area contributed by atoms with Gasteiger partial charge in [-0.25, -0.2) is 9.37 Å². The molecule has 1 N–H and O–H groups in total. The van der Waals surface area contributed by atoms with E-state index in [4.69, 9.17) is 9.47 Å². The van der Waals surface area contributed by atoms with E-state index < -0.39 is 0 Å². The zero-order valence-corrected chi connectivity index (χ0v) is 20.0. The molecule has 0 bridgehead atoms. The Morgan fingerprint density at radius 3 is 2.62 bits per heavy atom. The molecule has 8 heteroatoms. The van der Waals surface area contributed by atoms with E-state index in [1.807, 2.05) is 53.8 Å². The summed E-state index contributed by atoms with van der Waals surface area (Å²) in [6.45, 7) is 5.09. The molecule has 180 valence electrons. The van der Waals surface area contributed by atoms with Crippen molar-refractivity contribution in [2.45, 2.75) is 26.3 Å². The van der Waals surface area contributed by atoms with Gasteiger partial charge in [-0.2, -0.15) is 0 Å². The van der Waals surface area contributed by atoms with Gasteiger partial charge in [0.1, 0.15) is 11.6 Å². The van der Waals surface area contributed by atoms with Crippen molar-refractivity contribution < 1.29 is 19.1 Å². The van der Waals surface area contributed by atoms with Crippen molar-refractivity contribution in [3.63, 3.8) is 0 Å². The third kappa shape index (κ3) is 6.23. The lowest BCUT2D eigenvalue weighted by atomic mass is 10.1. The maximum atomic E-state index is 13.4. The van der Waals surface area contributed by atoms with Gasteiger partial charge >= 0.3 is 0 Å². The lowest BCUT2D eigenvalue weighted by Crippen LogP contribution is -2.34. The summed E-state index contributed by atoms with van der Waals surface area (Å²) in [5.41, 5.74) is 3.58. The molecule has 0 spiro atoms. The minimum Gasteiger partial charge on any atom is -0.495 e. The van der Waals surface area contributed by atoms with Crippen LogP contribution in [-0.4, -0.2) is 52.9 Å². The molecule has 1 heterocycles. The first-order chi connectivity index (χ1) is 16.5. The number of methoxy groups -OCH3 is 2. The van der Waals surface area contributed by atoms with Crippen LogP contribution in [0.3, 0.4) is 0 Å². The Labute approximate surface area is 199 Å². The van der Waals surface area contributed by atoms with E-state index in [-0.39, 0.29) is 11.9 Å². The first kappa shape index (κ1) is 25.0. The number of amidine groups is 1. The number of aryl methyl sites for hydroxylation is 1. The Balaban J connectivity index is 1.85. The highest BCUT2D eigenvalue weighted by molar-refractivity contribution is 5.96. The Morgan fingerprint density at radius 2 is 2.00 bits per heavy atom. The molecule has 0 aliphatic rings.